The highest BCUT2D eigenvalue weighted by Crippen LogP contribution is 2.17. The number of carbonyl (C=O) groups excluding carboxylic acids is 1. The Balaban J connectivity index is 2.10. The maximum absolute atomic E-state index is 12.2. The lowest BCUT2D eigenvalue weighted by atomic mass is 10.1. The van der Waals surface area contributed by atoms with Gasteiger partial charge >= 0.3 is 0 Å². The lowest BCUT2D eigenvalue weighted by Gasteiger charge is -2.09. The van der Waals surface area contributed by atoms with Crippen molar-refractivity contribution >= 4 is 11.6 Å². The number of amides is 1. The van der Waals surface area contributed by atoms with E-state index in [9.17, 15) is 4.79 Å². The maximum Gasteiger partial charge on any atom is 0.278 e. The van der Waals surface area contributed by atoms with E-state index in [-0.39, 0.29) is 18.2 Å². The van der Waals surface area contributed by atoms with Crippen molar-refractivity contribution in [2.45, 2.75) is 13.3 Å². The summed E-state index contributed by atoms with van der Waals surface area (Å²) in [5.41, 5.74) is 1.96. The smallest absolute Gasteiger partial charge is 0.278 e. The van der Waals surface area contributed by atoms with Gasteiger partial charge in [-0.05, 0) is 43.2 Å². The van der Waals surface area contributed by atoms with Gasteiger partial charge in [-0.15, -0.1) is 0 Å². The molecule has 0 fully saturated rings. The monoisotopic (exact) mass is 286 g/mol. The fraction of sp³-hybridized carbons (Fsp3) is 0.250. The van der Waals surface area contributed by atoms with Crippen LogP contribution in [0, 0.1) is 0 Å². The van der Waals surface area contributed by atoms with Gasteiger partial charge in [0.1, 0.15) is 0 Å². The van der Waals surface area contributed by atoms with E-state index < -0.39 is 0 Å². The van der Waals surface area contributed by atoms with Gasteiger partial charge in [0, 0.05) is 18.5 Å². The molecule has 1 aromatic heterocycles. The molecule has 2 rings (SSSR count). The number of aromatic nitrogens is 1. The van der Waals surface area contributed by atoms with Crippen molar-refractivity contribution in [3.8, 4) is 5.75 Å². The minimum atomic E-state index is -0.311. The van der Waals surface area contributed by atoms with Crippen molar-refractivity contribution in [3.05, 3.63) is 53.9 Å². The van der Waals surface area contributed by atoms with E-state index in [2.05, 4.69) is 10.3 Å². The largest absolute Gasteiger partial charge is 0.491 e. The Hall–Kier alpha value is -2.40. The summed E-state index contributed by atoms with van der Waals surface area (Å²) in [5.74, 6) is 0.156. The molecule has 0 spiro atoms. The van der Waals surface area contributed by atoms with E-state index in [1.165, 1.54) is 0 Å². The number of ether oxygens (including phenoxy) is 1. The molecule has 1 aromatic carbocycles. The lowest BCUT2D eigenvalue weighted by Crippen LogP contribution is -2.15. The topological polar surface area (TPSA) is 71.5 Å². The van der Waals surface area contributed by atoms with Crippen LogP contribution in [0.2, 0.25) is 0 Å². The highest BCUT2D eigenvalue weighted by Gasteiger charge is 2.13. The molecule has 1 heterocycles. The van der Waals surface area contributed by atoms with Crippen LogP contribution in [0.1, 0.15) is 23.0 Å². The van der Waals surface area contributed by atoms with E-state index in [4.69, 9.17) is 9.84 Å². The first-order chi connectivity index (χ1) is 10.2. The molecule has 0 radical (unpaired) electrons. The summed E-state index contributed by atoms with van der Waals surface area (Å²) in [7, 11) is 0. The van der Waals surface area contributed by atoms with Crippen LogP contribution in [0.25, 0.3) is 0 Å². The molecule has 0 aliphatic heterocycles. The minimum Gasteiger partial charge on any atom is -0.491 e. The van der Waals surface area contributed by atoms with Crippen LogP contribution in [-0.2, 0) is 6.42 Å². The molecule has 21 heavy (non-hydrogen) atoms. The maximum atomic E-state index is 12.2. The predicted octanol–water partition coefficient (Wildman–Crippen LogP) is 2.27. The molecule has 0 aliphatic rings. The molecule has 0 bridgehead atoms. The second kappa shape index (κ2) is 7.40. The van der Waals surface area contributed by atoms with E-state index in [0.29, 0.717) is 24.5 Å². The Morgan fingerprint density at radius 2 is 2.05 bits per heavy atom. The molecule has 0 saturated carbocycles. The number of hydrogen-bond acceptors (Lipinski definition) is 4. The van der Waals surface area contributed by atoms with Crippen LogP contribution >= 0.6 is 0 Å². The summed E-state index contributed by atoms with van der Waals surface area (Å²) < 4.78 is 5.40. The molecular weight excluding hydrogens is 268 g/mol. The summed E-state index contributed by atoms with van der Waals surface area (Å²) in [6, 6.07) is 10.8. The summed E-state index contributed by atoms with van der Waals surface area (Å²) >= 11 is 0. The number of aliphatic hydroxyl groups is 1. The van der Waals surface area contributed by atoms with Gasteiger partial charge in [-0.25, -0.2) is 4.98 Å². The quantitative estimate of drug-likeness (QED) is 0.854. The molecule has 2 aromatic rings. The third-order valence-electron chi connectivity index (χ3n) is 2.90. The molecule has 5 nitrogen and oxygen atoms in total. The SMILES string of the molecule is CCOc1cccnc1C(=O)Nc1ccc(CCO)cc1. The fourth-order valence-electron chi connectivity index (χ4n) is 1.91. The van der Waals surface area contributed by atoms with E-state index in [1.54, 1.807) is 30.5 Å². The normalized spacial score (nSPS) is 10.2. The van der Waals surface area contributed by atoms with Gasteiger partial charge < -0.3 is 15.2 Å². The second-order valence-electron chi connectivity index (χ2n) is 4.41. The Labute approximate surface area is 123 Å². The van der Waals surface area contributed by atoms with E-state index in [0.717, 1.165) is 5.56 Å². The average molecular weight is 286 g/mol. The molecule has 0 saturated heterocycles. The summed E-state index contributed by atoms with van der Waals surface area (Å²) in [5, 5.41) is 11.7. The Bertz CT molecular complexity index is 597. The number of nitrogens with one attached hydrogen (secondary N) is 1. The van der Waals surface area contributed by atoms with Crippen molar-refractivity contribution in [1.82, 2.24) is 4.98 Å². The fourth-order valence-corrected chi connectivity index (χ4v) is 1.91. The highest BCUT2D eigenvalue weighted by molar-refractivity contribution is 6.04. The van der Waals surface area contributed by atoms with Gasteiger partial charge in [0.05, 0.1) is 6.61 Å². The standard InChI is InChI=1S/C16H18N2O3/c1-2-21-14-4-3-10-17-15(14)16(20)18-13-7-5-12(6-8-13)9-11-19/h3-8,10,19H,2,9,11H2,1H3,(H,18,20). The number of benzene rings is 1. The van der Waals surface area contributed by atoms with Crippen LogP contribution < -0.4 is 10.1 Å². The zero-order valence-electron chi connectivity index (χ0n) is 11.9. The van der Waals surface area contributed by atoms with Crippen molar-refractivity contribution in [1.29, 1.82) is 0 Å². The number of hydrogen-bond donors (Lipinski definition) is 2. The zero-order valence-corrected chi connectivity index (χ0v) is 11.9. The third kappa shape index (κ3) is 4.03. The van der Waals surface area contributed by atoms with Crippen LogP contribution in [0.4, 0.5) is 5.69 Å². The van der Waals surface area contributed by atoms with Crippen molar-refractivity contribution in [3.63, 3.8) is 0 Å². The number of anilines is 1. The Kier molecular flexibility index (Phi) is 5.29. The van der Waals surface area contributed by atoms with Crippen LogP contribution in [-0.4, -0.2) is 29.2 Å². The van der Waals surface area contributed by atoms with Crippen molar-refractivity contribution < 1.29 is 14.6 Å². The van der Waals surface area contributed by atoms with Crippen LogP contribution in [0.5, 0.6) is 5.75 Å². The van der Waals surface area contributed by atoms with Gasteiger partial charge in [0.25, 0.3) is 5.91 Å². The third-order valence-corrected chi connectivity index (χ3v) is 2.90. The van der Waals surface area contributed by atoms with Gasteiger partial charge in [0.2, 0.25) is 0 Å². The molecule has 110 valence electrons. The van der Waals surface area contributed by atoms with Gasteiger partial charge in [0.15, 0.2) is 11.4 Å². The molecule has 1 amide bonds. The lowest BCUT2D eigenvalue weighted by molar-refractivity contribution is 0.101. The van der Waals surface area contributed by atoms with Crippen LogP contribution in [0.3, 0.4) is 0 Å². The minimum absolute atomic E-state index is 0.108. The number of aliphatic hydroxyl groups excluding tert-OH is 1. The van der Waals surface area contributed by atoms with Gasteiger partial charge in [-0.1, -0.05) is 12.1 Å². The number of carbonyl (C=O) groups is 1. The second-order valence-corrected chi connectivity index (χ2v) is 4.41. The Morgan fingerprint density at radius 1 is 1.29 bits per heavy atom. The molecule has 2 N–H and O–H groups in total. The average Bonchev–Trinajstić information content (AvgIpc) is 2.50. The van der Waals surface area contributed by atoms with Crippen molar-refractivity contribution in [2.24, 2.45) is 0 Å². The zero-order chi connectivity index (χ0) is 15.1. The summed E-state index contributed by atoms with van der Waals surface area (Å²) in [4.78, 5) is 16.3. The first kappa shape index (κ1) is 15.0. The molecule has 0 unspecified atom stereocenters. The van der Waals surface area contributed by atoms with Crippen molar-refractivity contribution in [2.75, 3.05) is 18.5 Å². The van der Waals surface area contributed by atoms with Crippen LogP contribution in [0.15, 0.2) is 42.6 Å². The van der Waals surface area contributed by atoms with Gasteiger partial charge in [-0.2, -0.15) is 0 Å². The number of rotatable bonds is 6. The molecule has 0 atom stereocenters. The van der Waals surface area contributed by atoms with E-state index >= 15 is 0 Å². The predicted molar refractivity (Wildman–Crippen MR) is 80.6 cm³/mol. The Morgan fingerprint density at radius 3 is 2.71 bits per heavy atom. The number of nitrogens with zero attached hydrogens (tertiary/aromatic N) is 1. The molecule has 0 aliphatic carbocycles. The number of pyridine rings is 1. The first-order valence-electron chi connectivity index (χ1n) is 6.83. The molecule has 5 heteroatoms. The summed E-state index contributed by atoms with van der Waals surface area (Å²) in [6.07, 6.45) is 2.16. The first-order valence-corrected chi connectivity index (χ1v) is 6.83. The summed E-state index contributed by atoms with van der Waals surface area (Å²) in [6.45, 7) is 2.44. The molecular formula is C16H18N2O3. The van der Waals surface area contributed by atoms with Gasteiger partial charge in [-0.3, -0.25) is 4.79 Å². The van der Waals surface area contributed by atoms with E-state index in [1.807, 2.05) is 19.1 Å². The highest BCUT2D eigenvalue weighted by atomic mass is 16.5.